The number of halogens is 1. The van der Waals surface area contributed by atoms with Crippen LogP contribution in [0, 0.1) is 6.92 Å². The number of methoxy groups -OCH3 is 1. The first-order chi connectivity index (χ1) is 8.57. The maximum atomic E-state index is 11.7. The molecule has 0 amide bonds. The van der Waals surface area contributed by atoms with Crippen molar-refractivity contribution in [2.24, 2.45) is 7.05 Å². The van der Waals surface area contributed by atoms with E-state index >= 15 is 0 Å². The highest BCUT2D eigenvalue weighted by Gasteiger charge is 2.23. The zero-order valence-corrected chi connectivity index (χ0v) is 11.2. The minimum atomic E-state index is -0.423. The summed E-state index contributed by atoms with van der Waals surface area (Å²) in [6.45, 7) is 1.84. The third-order valence-electron chi connectivity index (χ3n) is 2.97. The lowest BCUT2D eigenvalue weighted by atomic mass is 10.2. The molecule has 2 aromatic rings. The molecule has 4 nitrogen and oxygen atoms in total. The lowest BCUT2D eigenvalue weighted by Gasteiger charge is -2.04. The molecule has 0 aliphatic carbocycles. The fourth-order valence-corrected chi connectivity index (χ4v) is 2.38. The van der Waals surface area contributed by atoms with Crippen LogP contribution < -0.4 is 0 Å². The highest BCUT2D eigenvalue weighted by molar-refractivity contribution is 6.36. The third kappa shape index (κ3) is 1.88. The Bertz CT molecular complexity index is 591. The molecule has 0 spiro atoms. The first-order valence-electron chi connectivity index (χ1n) is 5.41. The fourth-order valence-electron chi connectivity index (χ4n) is 1.93. The van der Waals surface area contributed by atoms with E-state index in [0.717, 1.165) is 17.0 Å². The van der Waals surface area contributed by atoms with E-state index in [1.807, 2.05) is 30.7 Å². The molecule has 0 aliphatic heterocycles. The van der Waals surface area contributed by atoms with Gasteiger partial charge in [0.25, 0.3) is 0 Å². The van der Waals surface area contributed by atoms with E-state index in [-0.39, 0.29) is 0 Å². The molecule has 0 aromatic carbocycles. The molecule has 5 heteroatoms. The minimum Gasteiger partial charge on any atom is -0.465 e. The summed E-state index contributed by atoms with van der Waals surface area (Å²) in [6.07, 6.45) is 3.37. The van der Waals surface area contributed by atoms with Gasteiger partial charge in [-0.3, -0.25) is 4.98 Å². The van der Waals surface area contributed by atoms with Crippen LogP contribution in [-0.4, -0.2) is 22.6 Å². The number of nitrogens with zero attached hydrogens (tertiary/aromatic N) is 2. The molecule has 0 unspecified atom stereocenters. The van der Waals surface area contributed by atoms with Gasteiger partial charge >= 0.3 is 5.97 Å². The van der Waals surface area contributed by atoms with Crippen molar-refractivity contribution in [1.82, 2.24) is 9.55 Å². The summed E-state index contributed by atoms with van der Waals surface area (Å²) >= 11 is 6.30. The standard InChI is InChI=1S/C13H13ClN2O2/c1-8-10(13(17)18-3)11(14)12(16(8)2)9-4-6-15-7-5-9/h4-7H,1-3H3. The number of pyridine rings is 1. The van der Waals surface area contributed by atoms with Crippen LogP contribution in [0.1, 0.15) is 16.1 Å². The van der Waals surface area contributed by atoms with Crippen molar-refractivity contribution < 1.29 is 9.53 Å². The lowest BCUT2D eigenvalue weighted by molar-refractivity contribution is 0.0600. The molecular formula is C13H13ClN2O2. The smallest absolute Gasteiger partial charge is 0.341 e. The average Bonchev–Trinajstić information content (AvgIpc) is 2.61. The number of aromatic nitrogens is 2. The van der Waals surface area contributed by atoms with Gasteiger partial charge in [0, 0.05) is 30.7 Å². The Morgan fingerprint density at radius 2 is 2.00 bits per heavy atom. The van der Waals surface area contributed by atoms with Crippen molar-refractivity contribution in [3.63, 3.8) is 0 Å². The first-order valence-corrected chi connectivity index (χ1v) is 5.79. The molecule has 0 fully saturated rings. The van der Waals surface area contributed by atoms with Gasteiger partial charge in [-0.25, -0.2) is 4.79 Å². The van der Waals surface area contributed by atoms with Crippen molar-refractivity contribution in [3.05, 3.63) is 40.8 Å². The summed E-state index contributed by atoms with van der Waals surface area (Å²) in [6, 6.07) is 3.70. The van der Waals surface area contributed by atoms with Crippen LogP contribution >= 0.6 is 11.6 Å². The van der Waals surface area contributed by atoms with E-state index in [4.69, 9.17) is 16.3 Å². The fraction of sp³-hybridized carbons (Fsp3) is 0.231. The summed E-state index contributed by atoms with van der Waals surface area (Å²) in [5, 5.41) is 0.410. The average molecular weight is 265 g/mol. The summed E-state index contributed by atoms with van der Waals surface area (Å²) in [4.78, 5) is 15.7. The Balaban J connectivity index is 2.68. The molecule has 0 N–H and O–H groups in total. The predicted molar refractivity (Wildman–Crippen MR) is 69.7 cm³/mol. The second-order valence-electron chi connectivity index (χ2n) is 3.91. The molecule has 0 saturated heterocycles. The van der Waals surface area contributed by atoms with Gasteiger partial charge in [-0.05, 0) is 19.1 Å². The molecule has 0 bridgehead atoms. The van der Waals surface area contributed by atoms with Gasteiger partial charge < -0.3 is 9.30 Å². The Kier molecular flexibility index (Phi) is 3.39. The number of hydrogen-bond acceptors (Lipinski definition) is 3. The first kappa shape index (κ1) is 12.6. The van der Waals surface area contributed by atoms with Crippen LogP contribution in [-0.2, 0) is 11.8 Å². The Hall–Kier alpha value is -1.81. The van der Waals surface area contributed by atoms with Gasteiger partial charge in [0.15, 0.2) is 0 Å². The van der Waals surface area contributed by atoms with Gasteiger partial charge in [-0.15, -0.1) is 0 Å². The Labute approximate surface area is 110 Å². The van der Waals surface area contributed by atoms with Gasteiger partial charge in [0.2, 0.25) is 0 Å². The maximum Gasteiger partial charge on any atom is 0.341 e. The molecule has 2 heterocycles. The van der Waals surface area contributed by atoms with Crippen LogP contribution in [0.15, 0.2) is 24.5 Å². The molecule has 0 saturated carbocycles. The zero-order valence-electron chi connectivity index (χ0n) is 10.4. The van der Waals surface area contributed by atoms with Crippen LogP contribution in [0.5, 0.6) is 0 Å². The van der Waals surface area contributed by atoms with E-state index in [2.05, 4.69) is 4.98 Å². The second-order valence-corrected chi connectivity index (χ2v) is 4.29. The van der Waals surface area contributed by atoms with Crippen molar-refractivity contribution in [3.8, 4) is 11.3 Å². The van der Waals surface area contributed by atoms with Crippen molar-refractivity contribution in [2.75, 3.05) is 7.11 Å². The number of carbonyl (C=O) groups excluding carboxylic acids is 1. The summed E-state index contributed by atoms with van der Waals surface area (Å²) in [7, 11) is 3.21. The van der Waals surface area contributed by atoms with Crippen LogP contribution in [0.3, 0.4) is 0 Å². The van der Waals surface area contributed by atoms with Crippen molar-refractivity contribution >= 4 is 17.6 Å². The van der Waals surface area contributed by atoms with E-state index in [1.54, 1.807) is 12.4 Å². The van der Waals surface area contributed by atoms with Crippen LogP contribution in [0.25, 0.3) is 11.3 Å². The molecule has 2 rings (SSSR count). The summed E-state index contributed by atoms with van der Waals surface area (Å²) in [5.74, 6) is -0.423. The third-order valence-corrected chi connectivity index (χ3v) is 3.34. The van der Waals surface area contributed by atoms with E-state index in [1.165, 1.54) is 7.11 Å². The topological polar surface area (TPSA) is 44.1 Å². The quantitative estimate of drug-likeness (QED) is 0.784. The van der Waals surface area contributed by atoms with E-state index in [0.29, 0.717) is 10.6 Å². The van der Waals surface area contributed by atoms with Gasteiger partial charge in [-0.1, -0.05) is 11.6 Å². The number of ether oxygens (including phenoxy) is 1. The monoisotopic (exact) mass is 264 g/mol. The summed E-state index contributed by atoms with van der Waals surface area (Å²) < 4.78 is 6.63. The lowest BCUT2D eigenvalue weighted by Crippen LogP contribution is -2.03. The summed E-state index contributed by atoms with van der Waals surface area (Å²) in [5.41, 5.74) is 2.89. The molecule has 18 heavy (non-hydrogen) atoms. The van der Waals surface area contributed by atoms with Crippen LogP contribution in [0.2, 0.25) is 5.02 Å². The molecular weight excluding hydrogens is 252 g/mol. The molecule has 0 radical (unpaired) electrons. The Morgan fingerprint density at radius 1 is 1.39 bits per heavy atom. The normalized spacial score (nSPS) is 10.4. The van der Waals surface area contributed by atoms with Crippen molar-refractivity contribution in [1.29, 1.82) is 0 Å². The van der Waals surface area contributed by atoms with Gasteiger partial charge in [-0.2, -0.15) is 0 Å². The van der Waals surface area contributed by atoms with Gasteiger partial charge in [0.05, 0.1) is 23.4 Å². The molecule has 94 valence electrons. The number of hydrogen-bond donors (Lipinski definition) is 0. The maximum absolute atomic E-state index is 11.7. The predicted octanol–water partition coefficient (Wildman–Crippen LogP) is 2.84. The number of esters is 1. The molecule has 2 aromatic heterocycles. The molecule has 0 atom stereocenters. The zero-order chi connectivity index (χ0) is 13.3. The van der Waals surface area contributed by atoms with Crippen molar-refractivity contribution in [2.45, 2.75) is 6.92 Å². The minimum absolute atomic E-state index is 0.410. The second kappa shape index (κ2) is 4.82. The number of rotatable bonds is 2. The van der Waals surface area contributed by atoms with Crippen LogP contribution in [0.4, 0.5) is 0 Å². The highest BCUT2D eigenvalue weighted by Crippen LogP contribution is 2.34. The van der Waals surface area contributed by atoms with E-state index < -0.39 is 5.97 Å². The van der Waals surface area contributed by atoms with E-state index in [9.17, 15) is 4.79 Å². The largest absolute Gasteiger partial charge is 0.465 e. The number of carbonyl (C=O) groups is 1. The SMILES string of the molecule is COC(=O)c1c(Cl)c(-c2ccncc2)n(C)c1C. The Morgan fingerprint density at radius 3 is 2.56 bits per heavy atom. The molecule has 0 aliphatic rings. The highest BCUT2D eigenvalue weighted by atomic mass is 35.5. The van der Waals surface area contributed by atoms with Gasteiger partial charge in [0.1, 0.15) is 0 Å².